The summed E-state index contributed by atoms with van der Waals surface area (Å²) in [5.41, 5.74) is 13.6. The molecule has 0 aliphatic carbocycles. The Bertz CT molecular complexity index is 4210. The van der Waals surface area contributed by atoms with Crippen molar-refractivity contribution in [2.75, 3.05) is 0 Å². The molecular weight excluding hydrogens is 819 g/mol. The van der Waals surface area contributed by atoms with Crippen LogP contribution in [0.2, 0.25) is 0 Å². The van der Waals surface area contributed by atoms with Gasteiger partial charge in [0.1, 0.15) is 11.2 Å². The number of hydrogen-bond acceptors (Lipinski definition) is 4. The van der Waals surface area contributed by atoms with Gasteiger partial charge in [-0.2, -0.15) is 9.97 Å². The highest BCUT2D eigenvalue weighted by Gasteiger charge is 2.21. The molecule has 0 radical (unpaired) electrons. The van der Waals surface area contributed by atoms with E-state index in [9.17, 15) is 0 Å². The van der Waals surface area contributed by atoms with Crippen molar-refractivity contribution in [1.29, 1.82) is 0 Å². The Morgan fingerprint density at radius 2 is 0.896 bits per heavy atom. The number of hydrogen-bond donors (Lipinski definition) is 0. The lowest BCUT2D eigenvalue weighted by Gasteiger charge is -2.11. The highest BCUT2D eigenvalue weighted by atomic mass is 16.3. The van der Waals surface area contributed by atoms with E-state index in [4.69, 9.17) is 19.4 Å². The van der Waals surface area contributed by atoms with Gasteiger partial charge in [-0.25, -0.2) is 4.98 Å². The van der Waals surface area contributed by atoms with Crippen LogP contribution in [0.3, 0.4) is 0 Å². The van der Waals surface area contributed by atoms with Crippen LogP contribution >= 0.6 is 0 Å². The second kappa shape index (κ2) is 14.7. The van der Waals surface area contributed by atoms with Crippen molar-refractivity contribution in [2.24, 2.45) is 0 Å². The summed E-state index contributed by atoms with van der Waals surface area (Å²) < 4.78 is 11.2. The van der Waals surface area contributed by atoms with Crippen molar-refractivity contribution < 1.29 is 4.42 Å². The van der Waals surface area contributed by atoms with Gasteiger partial charge in [0.2, 0.25) is 5.95 Å². The highest BCUT2D eigenvalue weighted by Crippen LogP contribution is 2.43. The third-order valence-electron chi connectivity index (χ3n) is 13.4. The third-order valence-corrected chi connectivity index (χ3v) is 13.4. The van der Waals surface area contributed by atoms with E-state index in [0.29, 0.717) is 17.6 Å². The number of rotatable bonds is 6. The molecule has 312 valence electrons. The Kier molecular flexibility index (Phi) is 8.18. The van der Waals surface area contributed by atoms with Gasteiger partial charge in [0.25, 0.3) is 0 Å². The van der Waals surface area contributed by atoms with E-state index in [1.165, 1.54) is 32.6 Å². The van der Waals surface area contributed by atoms with Gasteiger partial charge in [0.15, 0.2) is 11.6 Å². The minimum atomic E-state index is 0.568. The highest BCUT2D eigenvalue weighted by molar-refractivity contribution is 6.22. The molecule has 0 saturated carbocycles. The van der Waals surface area contributed by atoms with E-state index >= 15 is 0 Å². The van der Waals surface area contributed by atoms with Gasteiger partial charge < -0.3 is 8.98 Å². The largest absolute Gasteiger partial charge is 0.456 e. The van der Waals surface area contributed by atoms with Crippen LogP contribution in [0.15, 0.2) is 229 Å². The fourth-order valence-corrected chi connectivity index (χ4v) is 10.3. The predicted octanol–water partition coefficient (Wildman–Crippen LogP) is 15.8. The summed E-state index contributed by atoms with van der Waals surface area (Å²) >= 11 is 0. The van der Waals surface area contributed by atoms with Crippen LogP contribution in [0.5, 0.6) is 0 Å². The maximum absolute atomic E-state index is 6.62. The topological polar surface area (TPSA) is 61.7 Å². The Balaban J connectivity index is 0.936. The first-order valence-electron chi connectivity index (χ1n) is 22.6. The number of fused-ring (bicyclic) bond motifs is 11. The molecule has 0 bridgehead atoms. The zero-order chi connectivity index (χ0) is 44.0. The number of nitrogens with zero attached hydrogens (tertiary/aromatic N) is 5. The van der Waals surface area contributed by atoms with Crippen LogP contribution in [0.25, 0.3) is 133 Å². The standard InChI is InChI=1S/C61H37N5O/c1-4-16-39(17-5-1)59-62-60(40-18-6-2-7-19-40)64-61(63-59)66-51-25-13-12-23-47(51)48-37-43(29-32-52(48)66)46-24-14-26-56-58(46)50-36-42(30-34-55(50)67-56)41-28-31-53-49(35-41)57-45-22-11-10-15-38(45)27-33-54(57)65(53)44-20-8-3-9-21-44/h1-37H. The van der Waals surface area contributed by atoms with Crippen molar-refractivity contribution in [1.82, 2.24) is 24.1 Å². The molecule has 14 aromatic rings. The van der Waals surface area contributed by atoms with Gasteiger partial charge in [0.05, 0.1) is 22.1 Å². The Labute approximate surface area is 384 Å². The molecule has 67 heavy (non-hydrogen) atoms. The van der Waals surface area contributed by atoms with Gasteiger partial charge in [-0.15, -0.1) is 0 Å². The lowest BCUT2D eigenvalue weighted by Crippen LogP contribution is -2.06. The molecule has 0 N–H and O–H groups in total. The summed E-state index contributed by atoms with van der Waals surface area (Å²) in [4.78, 5) is 15.3. The van der Waals surface area contributed by atoms with Crippen molar-refractivity contribution in [3.8, 4) is 56.7 Å². The van der Waals surface area contributed by atoms with E-state index in [1.807, 2.05) is 60.7 Å². The summed E-state index contributed by atoms with van der Waals surface area (Å²) in [5, 5.41) is 9.36. The lowest BCUT2D eigenvalue weighted by atomic mass is 9.96. The van der Waals surface area contributed by atoms with E-state index in [1.54, 1.807) is 0 Å². The second-order valence-corrected chi connectivity index (χ2v) is 17.2. The molecule has 6 nitrogen and oxygen atoms in total. The summed E-state index contributed by atoms with van der Waals surface area (Å²) in [5.74, 6) is 1.81. The first kappa shape index (κ1) is 37.3. The fraction of sp³-hybridized carbons (Fsp3) is 0. The first-order valence-corrected chi connectivity index (χ1v) is 22.6. The monoisotopic (exact) mass is 855 g/mol. The van der Waals surface area contributed by atoms with Crippen LogP contribution < -0.4 is 0 Å². The Morgan fingerprint density at radius 3 is 1.66 bits per heavy atom. The van der Waals surface area contributed by atoms with Crippen LogP contribution in [0.4, 0.5) is 0 Å². The molecule has 0 aliphatic heterocycles. The molecule has 4 heterocycles. The Hall–Kier alpha value is -9.13. The van der Waals surface area contributed by atoms with Gasteiger partial charge >= 0.3 is 0 Å². The van der Waals surface area contributed by atoms with Crippen LogP contribution in [0, 0.1) is 0 Å². The van der Waals surface area contributed by atoms with E-state index in [2.05, 4.69) is 173 Å². The maximum atomic E-state index is 6.62. The smallest absolute Gasteiger partial charge is 0.238 e. The van der Waals surface area contributed by atoms with Crippen molar-refractivity contribution in [2.45, 2.75) is 0 Å². The maximum Gasteiger partial charge on any atom is 0.238 e. The molecular formula is C61H37N5O. The van der Waals surface area contributed by atoms with Gasteiger partial charge in [-0.3, -0.25) is 4.57 Å². The molecule has 6 heteroatoms. The molecule has 0 spiro atoms. The zero-order valence-corrected chi connectivity index (χ0v) is 36.0. The molecule has 4 aromatic heterocycles. The second-order valence-electron chi connectivity index (χ2n) is 17.2. The molecule has 0 atom stereocenters. The van der Waals surface area contributed by atoms with Crippen LogP contribution in [-0.2, 0) is 0 Å². The van der Waals surface area contributed by atoms with Gasteiger partial charge in [-0.05, 0) is 99.8 Å². The quantitative estimate of drug-likeness (QED) is 0.167. The van der Waals surface area contributed by atoms with Gasteiger partial charge in [0, 0.05) is 49.1 Å². The van der Waals surface area contributed by atoms with E-state index in [0.717, 1.165) is 82.8 Å². The molecule has 10 aromatic carbocycles. The van der Waals surface area contributed by atoms with E-state index < -0.39 is 0 Å². The first-order chi connectivity index (χ1) is 33.2. The van der Waals surface area contributed by atoms with Gasteiger partial charge in [-0.1, -0.05) is 158 Å². The van der Waals surface area contributed by atoms with Crippen molar-refractivity contribution in [3.63, 3.8) is 0 Å². The minimum Gasteiger partial charge on any atom is -0.456 e. The van der Waals surface area contributed by atoms with Crippen LogP contribution in [-0.4, -0.2) is 24.1 Å². The average molecular weight is 856 g/mol. The molecule has 14 rings (SSSR count). The molecule has 0 saturated heterocycles. The molecule has 0 aliphatic rings. The SMILES string of the molecule is c1ccc(-c2nc(-c3ccccc3)nc(-n3c4ccccc4c4cc(-c5cccc6oc7ccc(-c8ccc9c(c8)c8c%10ccccc%10ccc8n9-c8ccccc8)cc7c56)ccc43)n2)cc1. The van der Waals surface area contributed by atoms with E-state index in [-0.39, 0.29) is 0 Å². The molecule has 0 unspecified atom stereocenters. The average Bonchev–Trinajstić information content (AvgIpc) is 4.06. The summed E-state index contributed by atoms with van der Waals surface area (Å²) in [7, 11) is 0. The van der Waals surface area contributed by atoms with Crippen molar-refractivity contribution >= 4 is 76.3 Å². The van der Waals surface area contributed by atoms with Crippen molar-refractivity contribution in [3.05, 3.63) is 224 Å². The number of furan rings is 1. The molecule has 0 fully saturated rings. The lowest BCUT2D eigenvalue weighted by molar-refractivity contribution is 0.669. The number of benzene rings is 10. The van der Waals surface area contributed by atoms with Crippen LogP contribution in [0.1, 0.15) is 0 Å². The third kappa shape index (κ3) is 5.86. The fourth-order valence-electron chi connectivity index (χ4n) is 10.3. The normalized spacial score (nSPS) is 11.9. The zero-order valence-electron chi connectivity index (χ0n) is 36.0. The predicted molar refractivity (Wildman–Crippen MR) is 275 cm³/mol. The number of para-hydroxylation sites is 2. The molecule has 0 amide bonds. The summed E-state index contributed by atoms with van der Waals surface area (Å²) in [6.45, 7) is 0. The Morgan fingerprint density at radius 1 is 0.313 bits per heavy atom. The summed E-state index contributed by atoms with van der Waals surface area (Å²) in [6.07, 6.45) is 0. The number of aromatic nitrogens is 5. The summed E-state index contributed by atoms with van der Waals surface area (Å²) in [6, 6.07) is 79.3. The minimum absolute atomic E-state index is 0.568.